The van der Waals surface area contributed by atoms with E-state index in [1.165, 1.54) is 62.5 Å². The lowest BCUT2D eigenvalue weighted by Gasteiger charge is -2.21. The van der Waals surface area contributed by atoms with Gasteiger partial charge < -0.3 is 10.6 Å². The number of rotatable bonds is 24. The summed E-state index contributed by atoms with van der Waals surface area (Å²) < 4.78 is 0. The van der Waals surface area contributed by atoms with Gasteiger partial charge in [0.25, 0.3) is 0 Å². The Morgan fingerprint density at radius 1 is 0.488 bits per heavy atom. The van der Waals surface area contributed by atoms with Gasteiger partial charge in [-0.05, 0) is 93.7 Å². The molecular formula is C37H60N4O2. The standard InChI is InChI=1S/C37H60N4O2/c1-5-9-13-25-40(26-14-10-6-2)30-36(42)38-34-21-17-32(18-22-34)29-33-19-23-35(24-20-33)39-37(43)31-41(27-15-11-7-3)28-16-12-8-4/h17-24H,5-16,25-31H2,1-4H3,(H,38,42)(H,39,43). The Kier molecular flexibility index (Phi) is 19.3. The summed E-state index contributed by atoms with van der Waals surface area (Å²) in [4.78, 5) is 30.1. The molecule has 0 radical (unpaired) electrons. The molecule has 0 saturated heterocycles. The largest absolute Gasteiger partial charge is 0.325 e. The van der Waals surface area contributed by atoms with E-state index < -0.39 is 0 Å². The van der Waals surface area contributed by atoms with Gasteiger partial charge in [0.1, 0.15) is 0 Å². The molecule has 0 aromatic heterocycles. The lowest BCUT2D eigenvalue weighted by atomic mass is 10.0. The Bertz CT molecular complexity index is 905. The SMILES string of the molecule is CCCCCN(CCCCC)CC(=O)Nc1ccc(Cc2ccc(NC(=O)CN(CCCCC)CCCCC)cc2)cc1. The van der Waals surface area contributed by atoms with Gasteiger partial charge >= 0.3 is 0 Å². The third kappa shape index (κ3) is 16.7. The van der Waals surface area contributed by atoms with E-state index in [2.05, 4.69) is 72.4 Å². The van der Waals surface area contributed by atoms with Crippen molar-refractivity contribution in [3.05, 3.63) is 59.7 Å². The number of carbonyl (C=O) groups is 2. The second-order valence-electron chi connectivity index (χ2n) is 12.0. The van der Waals surface area contributed by atoms with Crippen LogP contribution in [-0.4, -0.2) is 60.9 Å². The van der Waals surface area contributed by atoms with Crippen LogP contribution in [0.25, 0.3) is 0 Å². The molecule has 6 heteroatoms. The first-order valence-electron chi connectivity index (χ1n) is 17.2. The molecule has 0 heterocycles. The maximum atomic E-state index is 12.8. The number of hydrogen-bond donors (Lipinski definition) is 2. The molecular weight excluding hydrogens is 532 g/mol. The van der Waals surface area contributed by atoms with Crippen molar-refractivity contribution < 1.29 is 9.59 Å². The number of nitrogens with one attached hydrogen (secondary N) is 2. The van der Waals surface area contributed by atoms with E-state index in [1.54, 1.807) is 0 Å². The molecule has 2 rings (SSSR count). The number of carbonyl (C=O) groups excluding carboxylic acids is 2. The smallest absolute Gasteiger partial charge is 0.238 e. The highest BCUT2D eigenvalue weighted by Gasteiger charge is 2.12. The van der Waals surface area contributed by atoms with Crippen molar-refractivity contribution in [2.75, 3.05) is 49.9 Å². The van der Waals surface area contributed by atoms with Crippen molar-refractivity contribution in [1.82, 2.24) is 9.80 Å². The molecule has 0 bridgehead atoms. The van der Waals surface area contributed by atoms with Crippen molar-refractivity contribution in [2.24, 2.45) is 0 Å². The molecule has 2 N–H and O–H groups in total. The highest BCUT2D eigenvalue weighted by atomic mass is 16.2. The number of nitrogens with zero attached hydrogens (tertiary/aromatic N) is 2. The van der Waals surface area contributed by atoms with Crippen LogP contribution in [0.1, 0.15) is 116 Å². The minimum Gasteiger partial charge on any atom is -0.325 e. The Labute approximate surface area is 263 Å². The monoisotopic (exact) mass is 592 g/mol. The van der Waals surface area contributed by atoms with Gasteiger partial charge in [-0.25, -0.2) is 0 Å². The van der Waals surface area contributed by atoms with Crippen LogP contribution in [0.4, 0.5) is 11.4 Å². The molecule has 0 saturated carbocycles. The van der Waals surface area contributed by atoms with Gasteiger partial charge in [-0.1, -0.05) is 103 Å². The number of unbranched alkanes of at least 4 members (excludes halogenated alkanes) is 8. The van der Waals surface area contributed by atoms with Gasteiger partial charge in [0.05, 0.1) is 13.1 Å². The number of amides is 2. The van der Waals surface area contributed by atoms with Crippen LogP contribution in [0.3, 0.4) is 0 Å². The zero-order valence-corrected chi connectivity index (χ0v) is 27.8. The molecule has 0 spiro atoms. The second kappa shape index (κ2) is 22.8. The molecule has 0 aliphatic carbocycles. The summed E-state index contributed by atoms with van der Waals surface area (Å²) in [6.45, 7) is 13.7. The van der Waals surface area contributed by atoms with Gasteiger partial charge in [0.2, 0.25) is 11.8 Å². The molecule has 43 heavy (non-hydrogen) atoms. The van der Waals surface area contributed by atoms with E-state index >= 15 is 0 Å². The molecule has 2 aromatic rings. The lowest BCUT2D eigenvalue weighted by molar-refractivity contribution is -0.118. The van der Waals surface area contributed by atoms with Crippen LogP contribution in [-0.2, 0) is 16.0 Å². The number of hydrogen-bond acceptors (Lipinski definition) is 4. The third-order valence-corrected chi connectivity index (χ3v) is 7.93. The first-order chi connectivity index (χ1) is 21.0. The van der Waals surface area contributed by atoms with Crippen molar-refractivity contribution in [3.8, 4) is 0 Å². The topological polar surface area (TPSA) is 64.7 Å². The van der Waals surface area contributed by atoms with Crippen LogP contribution < -0.4 is 10.6 Å². The summed E-state index contributed by atoms with van der Waals surface area (Å²) in [6.07, 6.45) is 15.0. The van der Waals surface area contributed by atoms with E-state index in [4.69, 9.17) is 0 Å². The van der Waals surface area contributed by atoms with Crippen molar-refractivity contribution >= 4 is 23.2 Å². The Hall–Kier alpha value is -2.70. The predicted molar refractivity (Wildman–Crippen MR) is 184 cm³/mol. The van der Waals surface area contributed by atoms with Gasteiger partial charge in [0.15, 0.2) is 0 Å². The Balaban J connectivity index is 1.83. The molecule has 240 valence electrons. The fraction of sp³-hybridized carbons (Fsp3) is 0.622. The fourth-order valence-electron chi connectivity index (χ4n) is 5.34. The fourth-order valence-corrected chi connectivity index (χ4v) is 5.34. The Morgan fingerprint density at radius 2 is 0.791 bits per heavy atom. The highest BCUT2D eigenvalue weighted by Crippen LogP contribution is 2.17. The summed E-state index contributed by atoms with van der Waals surface area (Å²) in [6, 6.07) is 16.3. The predicted octanol–water partition coefficient (Wildman–Crippen LogP) is 8.52. The molecule has 0 aliphatic heterocycles. The van der Waals surface area contributed by atoms with Gasteiger partial charge in [-0.15, -0.1) is 0 Å². The van der Waals surface area contributed by atoms with Gasteiger partial charge in [-0.2, -0.15) is 0 Å². The van der Waals surface area contributed by atoms with Crippen molar-refractivity contribution in [1.29, 1.82) is 0 Å². The average molecular weight is 593 g/mol. The zero-order chi connectivity index (χ0) is 31.1. The second-order valence-corrected chi connectivity index (χ2v) is 12.0. The Morgan fingerprint density at radius 3 is 1.07 bits per heavy atom. The van der Waals surface area contributed by atoms with Crippen molar-refractivity contribution in [3.63, 3.8) is 0 Å². The molecule has 6 nitrogen and oxygen atoms in total. The molecule has 0 unspecified atom stereocenters. The summed E-state index contributed by atoms with van der Waals surface area (Å²) in [5, 5.41) is 6.17. The number of benzene rings is 2. The third-order valence-electron chi connectivity index (χ3n) is 7.93. The van der Waals surface area contributed by atoms with E-state index in [0.717, 1.165) is 69.7 Å². The maximum absolute atomic E-state index is 12.8. The molecule has 0 fully saturated rings. The summed E-state index contributed by atoms with van der Waals surface area (Å²) in [5.74, 6) is 0.117. The van der Waals surface area contributed by atoms with Gasteiger partial charge in [-0.3, -0.25) is 19.4 Å². The quantitative estimate of drug-likeness (QED) is 0.120. The summed E-state index contributed by atoms with van der Waals surface area (Å²) >= 11 is 0. The molecule has 2 aromatic carbocycles. The first kappa shape index (κ1) is 36.5. The van der Waals surface area contributed by atoms with E-state index in [-0.39, 0.29) is 11.8 Å². The normalized spacial score (nSPS) is 11.3. The molecule has 2 amide bonds. The number of anilines is 2. The molecule has 0 atom stereocenters. The minimum absolute atomic E-state index is 0.0587. The summed E-state index contributed by atoms with van der Waals surface area (Å²) in [5.41, 5.74) is 4.05. The minimum atomic E-state index is 0.0587. The first-order valence-corrected chi connectivity index (χ1v) is 17.2. The van der Waals surface area contributed by atoms with Crippen molar-refractivity contribution in [2.45, 2.75) is 111 Å². The van der Waals surface area contributed by atoms with Crippen LogP contribution in [0.15, 0.2) is 48.5 Å². The van der Waals surface area contributed by atoms with E-state index in [9.17, 15) is 9.59 Å². The molecule has 0 aliphatic rings. The summed E-state index contributed by atoms with van der Waals surface area (Å²) in [7, 11) is 0. The van der Waals surface area contributed by atoms with Crippen LogP contribution in [0.2, 0.25) is 0 Å². The zero-order valence-electron chi connectivity index (χ0n) is 27.8. The van der Waals surface area contributed by atoms with Gasteiger partial charge in [0, 0.05) is 11.4 Å². The van der Waals surface area contributed by atoms with Crippen LogP contribution in [0.5, 0.6) is 0 Å². The highest BCUT2D eigenvalue weighted by molar-refractivity contribution is 5.92. The van der Waals surface area contributed by atoms with E-state index in [0.29, 0.717) is 13.1 Å². The van der Waals surface area contributed by atoms with E-state index in [1.807, 2.05) is 24.3 Å². The van der Waals surface area contributed by atoms with Crippen LogP contribution in [0, 0.1) is 0 Å². The lowest BCUT2D eigenvalue weighted by Crippen LogP contribution is -2.34. The average Bonchev–Trinajstić information content (AvgIpc) is 2.99. The maximum Gasteiger partial charge on any atom is 0.238 e. The van der Waals surface area contributed by atoms with Crippen LogP contribution >= 0.6 is 0 Å².